The molecular weight excluding hydrogens is 479 g/mol. The molecule has 2 amide bonds. The van der Waals surface area contributed by atoms with E-state index < -0.39 is 58.1 Å². The summed E-state index contributed by atoms with van der Waals surface area (Å²) in [5, 5.41) is 12.3. The van der Waals surface area contributed by atoms with Crippen molar-refractivity contribution in [2.24, 2.45) is 0 Å². The summed E-state index contributed by atoms with van der Waals surface area (Å²) in [4.78, 5) is 38.4. The lowest BCUT2D eigenvalue weighted by Gasteiger charge is -2.29. The highest BCUT2D eigenvalue weighted by Gasteiger charge is 2.30. The molecule has 2 heterocycles. The predicted molar refractivity (Wildman–Crippen MR) is 129 cm³/mol. The molecule has 0 saturated heterocycles. The number of aromatic nitrogens is 1. The molecule has 1 aliphatic rings. The Hall–Kier alpha value is -4.22. The fourth-order valence-corrected chi connectivity index (χ4v) is 3.00. The number of aromatic hydroxyl groups is 1. The molecule has 1 aromatic carbocycles. The van der Waals surface area contributed by atoms with Crippen LogP contribution >= 0.6 is 0 Å². The quantitative estimate of drug-likeness (QED) is 0.606. The first-order valence-electron chi connectivity index (χ1n) is 10.5. The molecule has 2 aromatic rings. The molecule has 2 N–H and O–H groups in total. The van der Waals surface area contributed by atoms with E-state index in [0.29, 0.717) is 25.2 Å². The monoisotopic (exact) mass is 507 g/mol. The molecule has 194 valence electrons. The van der Waals surface area contributed by atoms with Crippen LogP contribution in [0.5, 0.6) is 5.75 Å². The smallest absolute Gasteiger partial charge is 0.274 e. The van der Waals surface area contributed by atoms with Crippen LogP contribution in [0.1, 0.15) is 40.3 Å². The van der Waals surface area contributed by atoms with Gasteiger partial charge in [0.1, 0.15) is 23.0 Å². The topological polar surface area (TPSA) is 101 Å². The van der Waals surface area contributed by atoms with Crippen molar-refractivity contribution in [1.82, 2.24) is 14.8 Å². The van der Waals surface area contributed by atoms with Gasteiger partial charge in [0.15, 0.2) is 11.4 Å². The molecule has 0 radical (unpaired) electrons. The van der Waals surface area contributed by atoms with Crippen LogP contribution in [0.4, 0.5) is 13.2 Å². The van der Waals surface area contributed by atoms with E-state index in [0.717, 1.165) is 12.8 Å². The summed E-state index contributed by atoms with van der Waals surface area (Å²) in [6.45, 7) is 4.87. The van der Waals surface area contributed by atoms with Gasteiger partial charge in [-0.3, -0.25) is 14.4 Å². The number of halogens is 3. The van der Waals surface area contributed by atoms with Crippen molar-refractivity contribution in [3.8, 4) is 31.4 Å². The highest BCUT2D eigenvalue weighted by atomic mass is 19.1. The molecule has 0 saturated carbocycles. The normalized spacial score (nSPS) is 11.4. The molecule has 0 bridgehead atoms. The van der Waals surface area contributed by atoms with Crippen LogP contribution in [0.3, 0.4) is 0 Å². The Morgan fingerprint density at radius 2 is 1.61 bits per heavy atom. The van der Waals surface area contributed by atoms with Crippen LogP contribution in [0.2, 0.25) is 0 Å². The number of amides is 2. The molecule has 11 heteroatoms. The number of carbonyl (C=O) groups is 2. The third-order valence-corrected chi connectivity index (χ3v) is 4.80. The Morgan fingerprint density at radius 3 is 2.08 bits per heavy atom. The molecule has 0 aliphatic carbocycles. The molecule has 0 spiro atoms. The second kappa shape index (κ2) is 15.6. The van der Waals surface area contributed by atoms with Crippen molar-refractivity contribution in [3.05, 3.63) is 62.8 Å². The lowest BCUT2D eigenvalue weighted by molar-refractivity contribution is 0.0705. The summed E-state index contributed by atoms with van der Waals surface area (Å²) in [7, 11) is 1.68. The maximum atomic E-state index is 13.7. The largest absolute Gasteiger partial charge is 0.503 e. The van der Waals surface area contributed by atoms with E-state index in [1.165, 1.54) is 9.47 Å². The number of methoxy groups -OCH3 is 1. The van der Waals surface area contributed by atoms with Crippen LogP contribution in [0.25, 0.3) is 0 Å². The van der Waals surface area contributed by atoms with Crippen molar-refractivity contribution < 1.29 is 32.6 Å². The zero-order valence-electron chi connectivity index (χ0n) is 20.2. The summed E-state index contributed by atoms with van der Waals surface area (Å²) in [6, 6.07) is 0.935. The fourth-order valence-electron chi connectivity index (χ4n) is 3.00. The molecular formula is C25H28F3N3O5. The van der Waals surface area contributed by atoms with E-state index in [2.05, 4.69) is 35.7 Å². The molecule has 1 aromatic heterocycles. The van der Waals surface area contributed by atoms with Gasteiger partial charge in [-0.15, -0.1) is 25.7 Å². The Bertz CT molecular complexity index is 1130. The lowest BCUT2D eigenvalue weighted by Crippen LogP contribution is -2.42. The fraction of sp³-hybridized carbons (Fsp3) is 0.320. The minimum absolute atomic E-state index is 0.217. The first-order chi connectivity index (χ1) is 17.2. The Morgan fingerprint density at radius 1 is 1.08 bits per heavy atom. The van der Waals surface area contributed by atoms with Gasteiger partial charge in [0.2, 0.25) is 5.43 Å². The number of likely N-dealkylation sites (N-methyl/N-ethyl adjacent to an activating group) is 1. The number of carbonyl (C=O) groups excluding carboxylic acids is 2. The van der Waals surface area contributed by atoms with Crippen molar-refractivity contribution in [2.45, 2.75) is 26.9 Å². The number of fused-ring (bicyclic) bond motifs is 1. The maximum Gasteiger partial charge on any atom is 0.274 e. The van der Waals surface area contributed by atoms with Crippen molar-refractivity contribution >= 4 is 11.8 Å². The molecule has 0 fully saturated rings. The second-order valence-electron chi connectivity index (χ2n) is 6.76. The van der Waals surface area contributed by atoms with Gasteiger partial charge in [0, 0.05) is 63.8 Å². The molecule has 8 nitrogen and oxygen atoms in total. The highest BCUT2D eigenvalue weighted by Crippen LogP contribution is 2.20. The highest BCUT2D eigenvalue weighted by molar-refractivity contribution is 5.99. The summed E-state index contributed by atoms with van der Waals surface area (Å²) >= 11 is 0. The van der Waals surface area contributed by atoms with Gasteiger partial charge >= 0.3 is 0 Å². The standard InChI is InChI=1S/C18H16F3N3O4.C3H8O.2C2H2/c1-2-23-3-4-24-8-11(15(25)16(26)14(24)18(23)28)17(27)22-7-10-12(20)5-9(19)6-13(10)21;1-3-4-2;2*1-2/h5-6,8,26H,2-4,7H2,1H3,(H,22,27);3H2,1-2H3;2*1-2H. The maximum absolute atomic E-state index is 13.7. The minimum Gasteiger partial charge on any atom is -0.503 e. The van der Waals surface area contributed by atoms with Crippen LogP contribution in [-0.2, 0) is 17.8 Å². The SMILES string of the molecule is C#C.C#C.CCN1CCn2cc(C(=O)NCc3c(F)cc(F)cc3F)c(=O)c(O)c2C1=O.CCOC. The van der Waals surface area contributed by atoms with Crippen LogP contribution in [-0.4, -0.2) is 53.2 Å². The van der Waals surface area contributed by atoms with E-state index >= 15 is 0 Å². The number of benzene rings is 1. The van der Waals surface area contributed by atoms with Crippen molar-refractivity contribution in [3.63, 3.8) is 0 Å². The van der Waals surface area contributed by atoms with Gasteiger partial charge in [0.05, 0.1) is 0 Å². The van der Waals surface area contributed by atoms with E-state index in [1.54, 1.807) is 14.0 Å². The zero-order valence-corrected chi connectivity index (χ0v) is 20.2. The van der Waals surface area contributed by atoms with Crippen LogP contribution in [0.15, 0.2) is 23.1 Å². The van der Waals surface area contributed by atoms with E-state index in [1.807, 2.05) is 6.92 Å². The first-order valence-corrected chi connectivity index (χ1v) is 10.5. The summed E-state index contributed by atoms with van der Waals surface area (Å²) < 4.78 is 46.1. The predicted octanol–water partition coefficient (Wildman–Crippen LogP) is 2.53. The third-order valence-electron chi connectivity index (χ3n) is 4.80. The Labute approximate surface area is 207 Å². The summed E-state index contributed by atoms with van der Waals surface area (Å²) in [5.74, 6) is -5.88. The lowest BCUT2D eigenvalue weighted by atomic mass is 10.1. The van der Waals surface area contributed by atoms with Gasteiger partial charge in [-0.2, -0.15) is 0 Å². The third kappa shape index (κ3) is 7.65. The number of hydrogen-bond donors (Lipinski definition) is 2. The van der Waals surface area contributed by atoms with Crippen molar-refractivity contribution in [1.29, 1.82) is 0 Å². The average Bonchev–Trinajstić information content (AvgIpc) is 2.88. The van der Waals surface area contributed by atoms with Gasteiger partial charge in [-0.25, -0.2) is 13.2 Å². The Balaban J connectivity index is 0.00000137. The molecule has 0 atom stereocenters. The molecule has 36 heavy (non-hydrogen) atoms. The summed E-state index contributed by atoms with van der Waals surface area (Å²) in [5.41, 5.74) is -2.35. The number of nitrogens with one attached hydrogen (secondary N) is 1. The average molecular weight is 508 g/mol. The van der Waals surface area contributed by atoms with Gasteiger partial charge in [-0.05, 0) is 13.8 Å². The second-order valence-corrected chi connectivity index (χ2v) is 6.76. The molecule has 0 unspecified atom stereocenters. The molecule has 3 rings (SSSR count). The van der Waals surface area contributed by atoms with Crippen LogP contribution < -0.4 is 10.7 Å². The zero-order chi connectivity index (χ0) is 28.0. The number of rotatable bonds is 5. The van der Waals surface area contributed by atoms with Gasteiger partial charge in [-0.1, -0.05) is 0 Å². The molecule has 1 aliphatic heterocycles. The number of nitrogens with zero attached hydrogens (tertiary/aromatic N) is 2. The number of pyridine rings is 1. The van der Waals surface area contributed by atoms with Crippen LogP contribution in [0, 0.1) is 43.1 Å². The number of terminal acetylenes is 2. The van der Waals surface area contributed by atoms with Gasteiger partial charge < -0.3 is 24.6 Å². The summed E-state index contributed by atoms with van der Waals surface area (Å²) in [6.07, 6.45) is 17.1. The first kappa shape index (κ1) is 31.8. The van der Waals surface area contributed by atoms with E-state index in [-0.39, 0.29) is 12.2 Å². The number of ether oxygens (including phenoxy) is 1. The number of hydrogen-bond acceptors (Lipinski definition) is 5. The van der Waals surface area contributed by atoms with Crippen molar-refractivity contribution in [2.75, 3.05) is 26.8 Å². The minimum atomic E-state index is -1.19. The Kier molecular flexibility index (Phi) is 13.8. The van der Waals surface area contributed by atoms with E-state index in [4.69, 9.17) is 0 Å². The van der Waals surface area contributed by atoms with Gasteiger partial charge in [0.25, 0.3) is 11.8 Å². The van der Waals surface area contributed by atoms with E-state index in [9.17, 15) is 32.7 Å².